The molecule has 0 bridgehead atoms. The Morgan fingerprint density at radius 1 is 0.824 bits per heavy atom. The van der Waals surface area contributed by atoms with Crippen molar-refractivity contribution in [1.29, 1.82) is 0 Å². The van der Waals surface area contributed by atoms with E-state index in [0.717, 1.165) is 12.0 Å². The lowest BCUT2D eigenvalue weighted by molar-refractivity contribution is -0.254. The molecule has 34 heavy (non-hydrogen) atoms. The van der Waals surface area contributed by atoms with Gasteiger partial charge < -0.3 is 18.9 Å². The summed E-state index contributed by atoms with van der Waals surface area (Å²) in [5.41, 5.74) is 1.51. The van der Waals surface area contributed by atoms with Crippen LogP contribution in [-0.4, -0.2) is 37.5 Å². The van der Waals surface area contributed by atoms with Crippen LogP contribution in [0.3, 0.4) is 0 Å². The Bertz CT molecular complexity index is 884. The van der Waals surface area contributed by atoms with Crippen molar-refractivity contribution in [2.75, 3.05) is 13.2 Å². The number of ether oxygens (including phenoxy) is 4. The molecule has 0 amide bonds. The number of benzene rings is 2. The van der Waals surface area contributed by atoms with Gasteiger partial charge in [0, 0.05) is 18.9 Å². The molecule has 2 unspecified atom stereocenters. The van der Waals surface area contributed by atoms with Crippen LogP contribution in [0, 0.1) is 17.8 Å². The van der Waals surface area contributed by atoms with Crippen LogP contribution in [0.2, 0.25) is 0 Å². The average Bonchev–Trinajstić information content (AvgIpc) is 2.87. The van der Waals surface area contributed by atoms with Gasteiger partial charge in [0.15, 0.2) is 6.29 Å². The lowest BCUT2D eigenvalue weighted by atomic mass is 9.79. The molecule has 6 heteroatoms. The predicted octanol–water partition coefficient (Wildman–Crippen LogP) is 5.41. The Balaban J connectivity index is 1.37. The van der Waals surface area contributed by atoms with E-state index in [2.05, 4.69) is 20.8 Å². The lowest BCUT2D eigenvalue weighted by Gasteiger charge is -2.43. The largest absolute Gasteiger partial charge is 0.461 e. The lowest BCUT2D eigenvalue weighted by Crippen LogP contribution is -2.48. The van der Waals surface area contributed by atoms with Crippen molar-refractivity contribution >= 4 is 11.9 Å². The molecule has 1 aliphatic rings. The van der Waals surface area contributed by atoms with E-state index in [1.165, 1.54) is 0 Å². The van der Waals surface area contributed by atoms with Gasteiger partial charge in [-0.25, -0.2) is 4.79 Å². The monoisotopic (exact) mass is 468 g/mol. The van der Waals surface area contributed by atoms with E-state index < -0.39 is 0 Å². The number of esters is 2. The minimum absolute atomic E-state index is 0.194. The van der Waals surface area contributed by atoms with Gasteiger partial charge in [-0.1, -0.05) is 69.3 Å². The number of hydrogen-bond donors (Lipinski definition) is 0. The number of hydrogen-bond acceptors (Lipinski definition) is 6. The summed E-state index contributed by atoms with van der Waals surface area (Å²) >= 11 is 0. The van der Waals surface area contributed by atoms with Crippen molar-refractivity contribution < 1.29 is 28.5 Å². The van der Waals surface area contributed by atoms with Crippen molar-refractivity contribution in [3.63, 3.8) is 0 Å². The van der Waals surface area contributed by atoms with Gasteiger partial charge in [0.1, 0.15) is 13.2 Å². The number of rotatable bonds is 11. The van der Waals surface area contributed by atoms with Crippen LogP contribution in [-0.2, 0) is 30.3 Å². The number of unbranched alkanes of at least 4 members (excludes halogenated alkanes) is 1. The van der Waals surface area contributed by atoms with Crippen LogP contribution < -0.4 is 0 Å². The summed E-state index contributed by atoms with van der Waals surface area (Å²) in [5, 5.41) is 0. The molecule has 3 rings (SSSR count). The van der Waals surface area contributed by atoms with Crippen LogP contribution in [0.4, 0.5) is 0 Å². The molecular weight excluding hydrogens is 432 g/mol. The summed E-state index contributed by atoms with van der Waals surface area (Å²) in [5.74, 6) is 0.255. The fraction of sp³-hybridized carbons (Fsp3) is 0.500. The third-order valence-corrected chi connectivity index (χ3v) is 6.67. The molecule has 1 heterocycles. The van der Waals surface area contributed by atoms with Crippen molar-refractivity contribution in [2.45, 2.75) is 59.0 Å². The highest BCUT2D eigenvalue weighted by Gasteiger charge is 2.40. The maximum Gasteiger partial charge on any atom is 0.338 e. The molecule has 0 aliphatic carbocycles. The normalized spacial score (nSPS) is 24.4. The quantitative estimate of drug-likeness (QED) is 0.325. The zero-order chi connectivity index (χ0) is 24.3. The zero-order valence-electron chi connectivity index (χ0n) is 20.4. The molecule has 1 aliphatic heterocycles. The molecule has 1 saturated heterocycles. The van der Waals surface area contributed by atoms with Crippen molar-refractivity contribution in [3.05, 3.63) is 71.8 Å². The fourth-order valence-corrected chi connectivity index (χ4v) is 4.06. The van der Waals surface area contributed by atoms with Gasteiger partial charge in [-0.15, -0.1) is 0 Å². The summed E-state index contributed by atoms with van der Waals surface area (Å²) < 4.78 is 23.1. The first-order valence-electron chi connectivity index (χ1n) is 12.1. The first kappa shape index (κ1) is 25.9. The first-order chi connectivity index (χ1) is 16.5. The minimum atomic E-state index is -0.364. The second-order valence-electron chi connectivity index (χ2n) is 9.06. The van der Waals surface area contributed by atoms with E-state index in [0.29, 0.717) is 37.5 Å². The van der Waals surface area contributed by atoms with E-state index in [1.807, 2.05) is 48.5 Å². The number of carbonyl (C=O) groups excluding carboxylic acids is 2. The Hall–Kier alpha value is -2.70. The molecule has 5 atom stereocenters. The standard InChI is InChI=1S/C28H36O6/c1-20-21(2)25(19-33-27(30)24-14-8-5-9-15-24)34-28(22(20)3)31-17-11-10-16-26(29)32-18-23-12-6-4-7-13-23/h4-9,12-15,20-22,25,28H,10-11,16-19H2,1-3H3/t20-,21+,22?,25?,28+/m0/s1. The highest BCUT2D eigenvalue weighted by molar-refractivity contribution is 5.89. The maximum absolute atomic E-state index is 12.3. The summed E-state index contributed by atoms with van der Waals surface area (Å²) in [7, 11) is 0. The molecular formula is C28H36O6. The molecule has 2 aromatic rings. The van der Waals surface area contributed by atoms with E-state index in [1.54, 1.807) is 12.1 Å². The average molecular weight is 469 g/mol. The molecule has 0 saturated carbocycles. The van der Waals surface area contributed by atoms with Crippen molar-refractivity contribution in [2.24, 2.45) is 17.8 Å². The van der Waals surface area contributed by atoms with Crippen LogP contribution >= 0.6 is 0 Å². The van der Waals surface area contributed by atoms with Crippen LogP contribution in [0.25, 0.3) is 0 Å². The Labute approximate surface area is 202 Å². The van der Waals surface area contributed by atoms with Gasteiger partial charge in [0.05, 0.1) is 11.7 Å². The first-order valence-corrected chi connectivity index (χ1v) is 12.1. The SMILES string of the molecule is CC1[C@H](OCCCCC(=O)OCc2ccccc2)OC(COC(=O)c2ccccc2)[C@H](C)[C@@H]1C. The highest BCUT2D eigenvalue weighted by atomic mass is 16.7. The molecule has 6 nitrogen and oxygen atoms in total. The van der Waals surface area contributed by atoms with E-state index in [-0.39, 0.29) is 42.8 Å². The molecule has 2 aromatic carbocycles. The van der Waals surface area contributed by atoms with E-state index >= 15 is 0 Å². The van der Waals surface area contributed by atoms with Gasteiger partial charge in [-0.2, -0.15) is 0 Å². The van der Waals surface area contributed by atoms with Gasteiger partial charge >= 0.3 is 11.9 Å². The Kier molecular flexibility index (Phi) is 10.1. The highest BCUT2D eigenvalue weighted by Crippen LogP contribution is 2.35. The summed E-state index contributed by atoms with van der Waals surface area (Å²) in [6.45, 7) is 7.43. The van der Waals surface area contributed by atoms with Crippen LogP contribution in [0.15, 0.2) is 60.7 Å². The van der Waals surface area contributed by atoms with Crippen molar-refractivity contribution in [3.8, 4) is 0 Å². The molecule has 0 aromatic heterocycles. The molecule has 1 fully saturated rings. The molecule has 0 N–H and O–H groups in total. The zero-order valence-corrected chi connectivity index (χ0v) is 20.4. The molecule has 184 valence electrons. The second-order valence-corrected chi connectivity index (χ2v) is 9.06. The van der Waals surface area contributed by atoms with Crippen LogP contribution in [0.1, 0.15) is 56.0 Å². The van der Waals surface area contributed by atoms with Gasteiger partial charge in [-0.05, 0) is 42.4 Å². The molecule has 0 spiro atoms. The Morgan fingerprint density at radius 2 is 1.50 bits per heavy atom. The van der Waals surface area contributed by atoms with Crippen LogP contribution in [0.5, 0.6) is 0 Å². The number of carbonyl (C=O) groups is 2. The minimum Gasteiger partial charge on any atom is -0.461 e. The topological polar surface area (TPSA) is 71.1 Å². The predicted molar refractivity (Wildman–Crippen MR) is 129 cm³/mol. The third-order valence-electron chi connectivity index (χ3n) is 6.67. The maximum atomic E-state index is 12.3. The smallest absolute Gasteiger partial charge is 0.338 e. The summed E-state index contributed by atoms with van der Waals surface area (Å²) in [4.78, 5) is 24.3. The summed E-state index contributed by atoms with van der Waals surface area (Å²) in [6, 6.07) is 18.6. The third kappa shape index (κ3) is 7.67. The van der Waals surface area contributed by atoms with E-state index in [4.69, 9.17) is 18.9 Å². The van der Waals surface area contributed by atoms with Gasteiger partial charge in [0.2, 0.25) is 0 Å². The van der Waals surface area contributed by atoms with Crippen molar-refractivity contribution in [1.82, 2.24) is 0 Å². The van der Waals surface area contributed by atoms with E-state index in [9.17, 15) is 9.59 Å². The van der Waals surface area contributed by atoms with Gasteiger partial charge in [0.25, 0.3) is 0 Å². The Morgan fingerprint density at radius 3 is 2.21 bits per heavy atom. The molecule has 0 radical (unpaired) electrons. The van der Waals surface area contributed by atoms with Gasteiger partial charge in [-0.3, -0.25) is 4.79 Å². The second kappa shape index (κ2) is 13.3. The summed E-state index contributed by atoms with van der Waals surface area (Å²) in [6.07, 6.45) is 1.21. The fourth-order valence-electron chi connectivity index (χ4n) is 4.06.